The lowest BCUT2D eigenvalue weighted by molar-refractivity contribution is -0.118. The fraction of sp³-hybridized carbons (Fsp3) is 0.316. The molecule has 3 rings (SSSR count). The summed E-state index contributed by atoms with van der Waals surface area (Å²) in [7, 11) is 0. The number of benzene rings is 1. The molecule has 0 saturated heterocycles. The number of carbonyl (C=O) groups excluding carboxylic acids is 1. The predicted molar refractivity (Wildman–Crippen MR) is 96.6 cm³/mol. The molecule has 1 aromatic carbocycles. The largest absolute Gasteiger partial charge is 0.309 e. The van der Waals surface area contributed by atoms with Crippen LogP contribution in [0.3, 0.4) is 0 Å². The van der Waals surface area contributed by atoms with Crippen LogP contribution in [-0.2, 0) is 4.79 Å². The van der Waals surface area contributed by atoms with Gasteiger partial charge in [0.15, 0.2) is 5.82 Å². The lowest BCUT2D eigenvalue weighted by atomic mass is 9.82. The number of halogens is 3. The van der Waals surface area contributed by atoms with Crippen molar-refractivity contribution in [2.24, 2.45) is 5.92 Å². The average molecular weight is 402 g/mol. The van der Waals surface area contributed by atoms with Gasteiger partial charge in [-0.25, -0.2) is 18.7 Å². The van der Waals surface area contributed by atoms with Gasteiger partial charge in [-0.1, -0.05) is 11.6 Å². The predicted octanol–water partition coefficient (Wildman–Crippen LogP) is 4.03. The van der Waals surface area contributed by atoms with Crippen molar-refractivity contribution >= 4 is 23.3 Å². The minimum Gasteiger partial charge on any atom is -0.309 e. The monoisotopic (exact) mass is 401 g/mol. The highest BCUT2D eigenvalue weighted by atomic mass is 35.5. The van der Waals surface area contributed by atoms with Crippen LogP contribution in [0.4, 0.5) is 14.6 Å². The highest BCUT2D eigenvalue weighted by Gasteiger charge is 2.45. The number of anilines is 1. The second-order valence-electron chi connectivity index (χ2n) is 6.62. The first-order valence-corrected chi connectivity index (χ1v) is 8.80. The first-order valence-electron chi connectivity index (χ1n) is 8.43. The molecule has 1 aliphatic rings. The summed E-state index contributed by atoms with van der Waals surface area (Å²) >= 11 is 5.68. The molecule has 0 aliphatic heterocycles. The Hall–Kier alpha value is -3.10. The zero-order valence-corrected chi connectivity index (χ0v) is 15.2. The van der Waals surface area contributed by atoms with E-state index in [9.17, 15) is 24.1 Å². The standard InChI is InChI=1S/C19H14ClF2N5O/c20-15-9-26-16(10-25-15)27-18(28)17(13-1-2-19(21,22)6-13)14-4-11(7-23)3-12(5-14)8-24/h3-5,9-10,13,17H,1-2,6H2,(H,26,27,28)/t13-,17-/m1/s1. The number of nitrogens with zero attached hydrogens (tertiary/aromatic N) is 4. The first kappa shape index (κ1) is 19.7. The number of carbonyl (C=O) groups is 1. The van der Waals surface area contributed by atoms with Crippen molar-refractivity contribution in [3.05, 3.63) is 52.4 Å². The molecule has 0 bridgehead atoms. The number of aromatic nitrogens is 2. The molecule has 9 heteroatoms. The van der Waals surface area contributed by atoms with E-state index in [1.165, 1.54) is 30.6 Å². The van der Waals surface area contributed by atoms with Gasteiger partial charge in [-0.15, -0.1) is 0 Å². The zero-order valence-electron chi connectivity index (χ0n) is 14.5. The molecule has 1 heterocycles. The fourth-order valence-corrected chi connectivity index (χ4v) is 3.55. The minimum absolute atomic E-state index is 0.126. The highest BCUT2D eigenvalue weighted by molar-refractivity contribution is 6.29. The van der Waals surface area contributed by atoms with Gasteiger partial charge in [-0.05, 0) is 36.1 Å². The summed E-state index contributed by atoms with van der Waals surface area (Å²) in [6.45, 7) is 0. The summed E-state index contributed by atoms with van der Waals surface area (Å²) in [6.07, 6.45) is 1.89. The lowest BCUT2D eigenvalue weighted by Crippen LogP contribution is -2.28. The van der Waals surface area contributed by atoms with Gasteiger partial charge in [0.25, 0.3) is 0 Å². The molecule has 142 valence electrons. The van der Waals surface area contributed by atoms with Crippen LogP contribution in [-0.4, -0.2) is 21.8 Å². The lowest BCUT2D eigenvalue weighted by Gasteiger charge is -2.23. The van der Waals surface area contributed by atoms with Crippen molar-refractivity contribution in [3.8, 4) is 12.1 Å². The number of nitrogens with one attached hydrogen (secondary N) is 1. The van der Waals surface area contributed by atoms with Gasteiger partial charge in [-0.2, -0.15) is 10.5 Å². The highest BCUT2D eigenvalue weighted by Crippen LogP contribution is 2.46. The van der Waals surface area contributed by atoms with Gasteiger partial charge in [-0.3, -0.25) is 4.79 Å². The van der Waals surface area contributed by atoms with E-state index in [4.69, 9.17) is 11.6 Å². The molecule has 0 unspecified atom stereocenters. The quantitative estimate of drug-likeness (QED) is 0.833. The second kappa shape index (κ2) is 7.87. The Kier molecular flexibility index (Phi) is 5.53. The molecule has 0 spiro atoms. The van der Waals surface area contributed by atoms with E-state index in [-0.39, 0.29) is 34.9 Å². The molecular formula is C19H14ClF2N5O. The van der Waals surface area contributed by atoms with E-state index in [2.05, 4.69) is 15.3 Å². The van der Waals surface area contributed by atoms with Crippen molar-refractivity contribution in [2.45, 2.75) is 31.1 Å². The van der Waals surface area contributed by atoms with Gasteiger partial charge in [0.1, 0.15) is 5.15 Å². The molecular weight excluding hydrogens is 388 g/mol. The van der Waals surface area contributed by atoms with Crippen molar-refractivity contribution in [3.63, 3.8) is 0 Å². The molecule has 6 nitrogen and oxygen atoms in total. The number of hydrogen-bond donors (Lipinski definition) is 1. The summed E-state index contributed by atoms with van der Waals surface area (Å²) in [5.74, 6) is -4.89. The van der Waals surface area contributed by atoms with Gasteiger partial charge < -0.3 is 5.32 Å². The number of amides is 1. The number of hydrogen-bond acceptors (Lipinski definition) is 5. The van der Waals surface area contributed by atoms with Gasteiger partial charge in [0.05, 0.1) is 41.6 Å². The van der Waals surface area contributed by atoms with Crippen LogP contribution < -0.4 is 5.32 Å². The summed E-state index contributed by atoms with van der Waals surface area (Å²) < 4.78 is 27.6. The Bertz CT molecular complexity index is 949. The molecule has 1 aliphatic carbocycles. The Morgan fingerprint density at radius 3 is 2.39 bits per heavy atom. The molecule has 1 fully saturated rings. The SMILES string of the molecule is N#Cc1cc(C#N)cc([C@H](C(=O)Nc2cnc(Cl)cn2)[C@@H]2CCC(F)(F)C2)c1. The van der Waals surface area contributed by atoms with E-state index < -0.39 is 30.1 Å². The van der Waals surface area contributed by atoms with Crippen LogP contribution in [0, 0.1) is 28.6 Å². The van der Waals surface area contributed by atoms with Crippen LogP contribution in [0.15, 0.2) is 30.6 Å². The minimum atomic E-state index is -2.85. The van der Waals surface area contributed by atoms with Crippen LogP contribution in [0.1, 0.15) is 41.9 Å². The van der Waals surface area contributed by atoms with Crippen molar-refractivity contribution < 1.29 is 13.6 Å². The van der Waals surface area contributed by atoms with Crippen LogP contribution in [0.5, 0.6) is 0 Å². The number of nitriles is 2. The first-order chi connectivity index (χ1) is 13.3. The maximum absolute atomic E-state index is 13.8. The second-order valence-corrected chi connectivity index (χ2v) is 7.00. The van der Waals surface area contributed by atoms with E-state index in [0.717, 1.165) is 0 Å². The zero-order chi connectivity index (χ0) is 20.3. The fourth-order valence-electron chi connectivity index (χ4n) is 3.45. The number of alkyl halides is 2. The Morgan fingerprint density at radius 1 is 1.21 bits per heavy atom. The third-order valence-electron chi connectivity index (χ3n) is 4.64. The molecule has 2 atom stereocenters. The van der Waals surface area contributed by atoms with Gasteiger partial charge in [0, 0.05) is 12.8 Å². The van der Waals surface area contributed by atoms with Crippen molar-refractivity contribution in [1.82, 2.24) is 9.97 Å². The van der Waals surface area contributed by atoms with Crippen molar-refractivity contribution in [2.75, 3.05) is 5.32 Å². The topological polar surface area (TPSA) is 102 Å². The Labute approximate surface area is 164 Å². The molecule has 1 amide bonds. The summed E-state index contributed by atoms with van der Waals surface area (Å²) in [5, 5.41) is 21.1. The van der Waals surface area contributed by atoms with Gasteiger partial charge >= 0.3 is 0 Å². The normalized spacial score (nSPS) is 18.7. The van der Waals surface area contributed by atoms with Gasteiger partial charge in [0.2, 0.25) is 11.8 Å². The van der Waals surface area contributed by atoms with Crippen LogP contribution in [0.2, 0.25) is 5.15 Å². The van der Waals surface area contributed by atoms with Crippen LogP contribution >= 0.6 is 11.6 Å². The van der Waals surface area contributed by atoms with E-state index in [0.29, 0.717) is 5.56 Å². The Morgan fingerprint density at radius 2 is 1.89 bits per heavy atom. The molecule has 28 heavy (non-hydrogen) atoms. The van der Waals surface area contributed by atoms with E-state index in [1.54, 1.807) is 0 Å². The third-order valence-corrected chi connectivity index (χ3v) is 4.84. The molecule has 1 saturated carbocycles. The Balaban J connectivity index is 1.98. The van der Waals surface area contributed by atoms with Crippen molar-refractivity contribution in [1.29, 1.82) is 10.5 Å². The summed E-state index contributed by atoms with van der Waals surface area (Å²) in [6, 6.07) is 8.15. The smallest absolute Gasteiger partial charge is 0.248 e. The molecule has 1 N–H and O–H groups in total. The molecule has 2 aromatic rings. The van der Waals surface area contributed by atoms with E-state index in [1.807, 2.05) is 12.1 Å². The van der Waals surface area contributed by atoms with E-state index >= 15 is 0 Å². The number of rotatable bonds is 4. The van der Waals surface area contributed by atoms with Crippen LogP contribution in [0.25, 0.3) is 0 Å². The molecule has 1 aromatic heterocycles. The maximum atomic E-state index is 13.8. The average Bonchev–Trinajstić information content (AvgIpc) is 3.02. The maximum Gasteiger partial charge on any atom is 0.248 e. The summed E-state index contributed by atoms with van der Waals surface area (Å²) in [4.78, 5) is 20.7. The molecule has 0 radical (unpaired) electrons. The third kappa shape index (κ3) is 4.41. The summed E-state index contributed by atoms with van der Waals surface area (Å²) in [5.41, 5.74) is 0.712.